The molecule has 148 valence electrons. The number of benzene rings is 1. The van der Waals surface area contributed by atoms with E-state index in [0.29, 0.717) is 5.75 Å². The normalized spacial score (nSPS) is 18.3. The van der Waals surface area contributed by atoms with E-state index in [2.05, 4.69) is 0 Å². The average Bonchev–Trinajstić information content (AvgIpc) is 2.60. The van der Waals surface area contributed by atoms with Gasteiger partial charge in [0.05, 0.1) is 0 Å². The maximum absolute atomic E-state index is 12.3. The Kier molecular flexibility index (Phi) is 8.49. The van der Waals surface area contributed by atoms with E-state index in [1.807, 2.05) is 45.9 Å². The predicted octanol–water partition coefficient (Wildman–Crippen LogP) is 1.99. The van der Waals surface area contributed by atoms with Crippen molar-refractivity contribution in [3.63, 3.8) is 0 Å². The molecule has 1 N–H and O–H groups in total. The van der Waals surface area contributed by atoms with Gasteiger partial charge < -0.3 is 38.6 Å². The zero-order chi connectivity index (χ0) is 19.3. The molecule has 27 heavy (non-hydrogen) atoms. The van der Waals surface area contributed by atoms with Gasteiger partial charge in [0.1, 0.15) is 18.5 Å². The van der Waals surface area contributed by atoms with Crippen LogP contribution in [-0.4, -0.2) is 35.1 Å². The van der Waals surface area contributed by atoms with Gasteiger partial charge in [-0.05, 0) is 35.1 Å². The van der Waals surface area contributed by atoms with Crippen molar-refractivity contribution in [3.8, 4) is 5.75 Å². The minimum Gasteiger partial charge on any atom is -1.00 e. The summed E-state index contributed by atoms with van der Waals surface area (Å²) in [6.45, 7) is 7.95. The lowest BCUT2D eigenvalue weighted by Gasteiger charge is -2.27. The zero-order valence-corrected chi connectivity index (χ0v) is 18.2. The number of rotatable bonds is 5. The zero-order valence-electron chi connectivity index (χ0n) is 16.0. The number of hydrogen-bond donors (Lipinski definition) is 1. The Morgan fingerprint density at radius 3 is 2.15 bits per heavy atom. The molecule has 0 saturated heterocycles. The van der Waals surface area contributed by atoms with Crippen molar-refractivity contribution in [1.82, 2.24) is 0 Å². The fraction of sp³-hybridized carbons (Fsp3) is 0.400. The van der Waals surface area contributed by atoms with E-state index in [1.165, 1.54) is 6.20 Å². The summed E-state index contributed by atoms with van der Waals surface area (Å²) < 4.78 is 10.2. The number of amides is 1. The molecular formula is C20H26INO5. The van der Waals surface area contributed by atoms with Crippen LogP contribution in [0.25, 0.3) is 0 Å². The molecule has 0 fully saturated rings. The fourth-order valence-electron chi connectivity index (χ4n) is 2.78. The van der Waals surface area contributed by atoms with Crippen LogP contribution in [0.1, 0.15) is 50.7 Å². The Hall–Kier alpha value is -1.87. The molecule has 0 radical (unpaired) electrons. The van der Waals surface area contributed by atoms with Crippen molar-refractivity contribution in [3.05, 3.63) is 53.8 Å². The molecule has 0 saturated carbocycles. The van der Waals surface area contributed by atoms with Gasteiger partial charge in [0, 0.05) is 0 Å². The highest BCUT2D eigenvalue weighted by molar-refractivity contribution is 5.66. The standard InChI is InChI=1S/C20H25NO5.HI/c1-14(2)16-9-8-10-17(15(3)4)18(16)26-20(24)25-13-21(19(22)23)11-6-5-7-12-21;/h5-11,14-15H,12-13H2,1-4H3;1H. The van der Waals surface area contributed by atoms with Crippen LogP contribution in [0.2, 0.25) is 0 Å². The number of ether oxygens (including phenoxy) is 2. The number of carbonyl (C=O) groups is 2. The molecule has 1 unspecified atom stereocenters. The van der Waals surface area contributed by atoms with E-state index in [-0.39, 0.29) is 49.1 Å². The second kappa shape index (κ2) is 9.89. The summed E-state index contributed by atoms with van der Waals surface area (Å²) in [7, 11) is 0. The molecule has 7 heteroatoms. The number of halogens is 1. The Morgan fingerprint density at radius 1 is 1.11 bits per heavy atom. The van der Waals surface area contributed by atoms with Gasteiger partial charge in [-0.15, -0.1) is 0 Å². The van der Waals surface area contributed by atoms with Gasteiger partial charge in [-0.3, -0.25) is 0 Å². The topological polar surface area (TPSA) is 72.8 Å². The third-order valence-electron chi connectivity index (χ3n) is 4.35. The molecule has 2 rings (SSSR count). The number of carboxylic acid groups (broad SMARTS) is 1. The minimum atomic E-state index is -1.09. The van der Waals surface area contributed by atoms with Gasteiger partial charge in [0.25, 0.3) is 0 Å². The number of quaternary nitrogens is 1. The van der Waals surface area contributed by atoms with Gasteiger partial charge in [0.2, 0.25) is 6.73 Å². The lowest BCUT2D eigenvalue weighted by atomic mass is 9.94. The molecule has 6 nitrogen and oxygen atoms in total. The maximum Gasteiger partial charge on any atom is 0.521 e. The molecule has 0 aromatic heterocycles. The van der Waals surface area contributed by atoms with Gasteiger partial charge in [0.15, 0.2) is 0 Å². The fourth-order valence-corrected chi connectivity index (χ4v) is 2.78. The van der Waals surface area contributed by atoms with E-state index >= 15 is 0 Å². The summed E-state index contributed by atoms with van der Waals surface area (Å²) in [6.07, 6.45) is 4.58. The van der Waals surface area contributed by atoms with E-state index in [9.17, 15) is 14.7 Å². The molecule has 1 aromatic rings. The Bertz CT molecular complexity index is 716. The first-order valence-electron chi connectivity index (χ1n) is 8.69. The van der Waals surface area contributed by atoms with Crippen LogP contribution in [0, 0.1) is 0 Å². The lowest BCUT2D eigenvalue weighted by molar-refractivity contribution is -0.820. The highest BCUT2D eigenvalue weighted by Crippen LogP contribution is 2.34. The van der Waals surface area contributed by atoms with Crippen molar-refractivity contribution in [2.24, 2.45) is 0 Å². The van der Waals surface area contributed by atoms with Crippen molar-refractivity contribution >= 4 is 12.2 Å². The SMILES string of the molecule is CC(C)c1cccc(C(C)C)c1OC(=O)OC[N+]1(C(=O)O)C=CC=CC1.[I-]. The second-order valence-electron chi connectivity index (χ2n) is 6.97. The number of nitrogens with zero attached hydrogens (tertiary/aromatic N) is 1. The molecule has 1 atom stereocenters. The average molecular weight is 487 g/mol. The molecule has 0 spiro atoms. The van der Waals surface area contributed by atoms with Gasteiger partial charge >= 0.3 is 12.2 Å². The van der Waals surface area contributed by atoms with Crippen molar-refractivity contribution in [2.75, 3.05) is 13.3 Å². The van der Waals surface area contributed by atoms with Gasteiger partial charge in [-0.25, -0.2) is 4.79 Å². The van der Waals surface area contributed by atoms with Gasteiger partial charge in [-0.1, -0.05) is 52.0 Å². The molecule has 1 amide bonds. The number of para-hydroxylation sites is 1. The van der Waals surface area contributed by atoms with E-state index in [1.54, 1.807) is 18.2 Å². The summed E-state index contributed by atoms with van der Waals surface area (Å²) in [5.74, 6) is 0.839. The highest BCUT2D eigenvalue weighted by atomic mass is 127. The van der Waals surface area contributed by atoms with Crippen LogP contribution in [-0.2, 0) is 4.74 Å². The third kappa shape index (κ3) is 5.55. The van der Waals surface area contributed by atoms with Crippen LogP contribution in [0.5, 0.6) is 5.75 Å². The maximum atomic E-state index is 12.3. The smallest absolute Gasteiger partial charge is 0.521 e. The predicted molar refractivity (Wildman–Crippen MR) is 98.0 cm³/mol. The molecular weight excluding hydrogens is 461 g/mol. The first-order chi connectivity index (χ1) is 12.3. The quantitative estimate of drug-likeness (QED) is 0.298. The van der Waals surface area contributed by atoms with Crippen LogP contribution in [0.4, 0.5) is 9.59 Å². The largest absolute Gasteiger partial charge is 1.00 e. The molecule has 1 aliphatic heterocycles. The second-order valence-corrected chi connectivity index (χ2v) is 6.97. The first-order valence-corrected chi connectivity index (χ1v) is 8.69. The summed E-state index contributed by atoms with van der Waals surface area (Å²) >= 11 is 0. The molecule has 1 aromatic carbocycles. The van der Waals surface area contributed by atoms with Crippen molar-refractivity contribution in [2.45, 2.75) is 39.5 Å². The molecule has 0 bridgehead atoms. The monoisotopic (exact) mass is 487 g/mol. The van der Waals surface area contributed by atoms with Crippen LogP contribution >= 0.6 is 0 Å². The van der Waals surface area contributed by atoms with Crippen LogP contribution in [0.3, 0.4) is 0 Å². The van der Waals surface area contributed by atoms with Crippen LogP contribution in [0.15, 0.2) is 42.6 Å². The number of allylic oxidation sites excluding steroid dienone is 2. The first kappa shape index (κ1) is 23.2. The highest BCUT2D eigenvalue weighted by Gasteiger charge is 2.36. The Labute approximate surface area is 177 Å². The lowest BCUT2D eigenvalue weighted by Crippen LogP contribution is -3.00. The summed E-state index contributed by atoms with van der Waals surface area (Å²) in [4.78, 5) is 23.9. The van der Waals surface area contributed by atoms with E-state index in [0.717, 1.165) is 11.1 Å². The van der Waals surface area contributed by atoms with E-state index < -0.39 is 16.7 Å². The molecule has 1 heterocycles. The van der Waals surface area contributed by atoms with Crippen LogP contribution < -0.4 is 28.7 Å². The third-order valence-corrected chi connectivity index (χ3v) is 4.35. The minimum absolute atomic E-state index is 0. The van der Waals surface area contributed by atoms with Gasteiger partial charge in [-0.2, -0.15) is 9.28 Å². The van der Waals surface area contributed by atoms with E-state index in [4.69, 9.17) is 9.47 Å². The molecule has 1 aliphatic rings. The Balaban J connectivity index is 0.00000364. The summed E-state index contributed by atoms with van der Waals surface area (Å²) in [5, 5.41) is 9.48. The number of hydrogen-bond acceptors (Lipinski definition) is 4. The molecule has 0 aliphatic carbocycles. The Morgan fingerprint density at radius 2 is 1.70 bits per heavy atom. The summed E-state index contributed by atoms with van der Waals surface area (Å²) in [6, 6.07) is 5.78. The van der Waals surface area contributed by atoms with Crippen molar-refractivity contribution < 1.29 is 52.6 Å². The summed E-state index contributed by atoms with van der Waals surface area (Å²) in [5.41, 5.74) is 1.83. The number of carbonyl (C=O) groups excluding carboxylic acids is 1. The van der Waals surface area contributed by atoms with Crippen molar-refractivity contribution in [1.29, 1.82) is 0 Å².